The van der Waals surface area contributed by atoms with Gasteiger partial charge in [0.05, 0.1) is 12.0 Å². The molecule has 4 rings (SSSR count). The highest BCUT2D eigenvalue weighted by atomic mass is 16.6. The van der Waals surface area contributed by atoms with E-state index in [1.54, 1.807) is 49.6 Å². The summed E-state index contributed by atoms with van der Waals surface area (Å²) < 4.78 is 5.14. The Morgan fingerprint density at radius 1 is 0.912 bits per heavy atom. The number of hydrogen-bond donors (Lipinski definition) is 1. The lowest BCUT2D eigenvalue weighted by Crippen LogP contribution is -2.48. The Balaban J connectivity index is 1.34. The molecule has 1 N–H and O–H groups in total. The molecule has 1 heterocycles. The number of anilines is 2. The SMILES string of the molecule is COc1ccc(C(=O)N2CCN(c3ccc(NC(=O)c4ccccc4[N+](=O)[O-])cc3)CC2)cc1. The lowest BCUT2D eigenvalue weighted by atomic mass is 10.1. The number of nitro benzene ring substituents is 1. The van der Waals surface area contributed by atoms with Gasteiger partial charge in [-0.25, -0.2) is 0 Å². The minimum Gasteiger partial charge on any atom is -0.497 e. The van der Waals surface area contributed by atoms with Gasteiger partial charge in [0.2, 0.25) is 0 Å². The van der Waals surface area contributed by atoms with E-state index in [0.29, 0.717) is 43.2 Å². The van der Waals surface area contributed by atoms with E-state index in [1.165, 1.54) is 18.2 Å². The van der Waals surface area contributed by atoms with Crippen LogP contribution in [0.2, 0.25) is 0 Å². The predicted octanol–water partition coefficient (Wildman–Crippen LogP) is 3.82. The van der Waals surface area contributed by atoms with E-state index in [9.17, 15) is 19.7 Å². The molecule has 1 aliphatic rings. The Kier molecular flexibility index (Phi) is 6.72. The Hall–Kier alpha value is -4.40. The van der Waals surface area contributed by atoms with Gasteiger partial charge in [0.15, 0.2) is 0 Å². The van der Waals surface area contributed by atoms with Crippen LogP contribution in [0.4, 0.5) is 17.1 Å². The van der Waals surface area contributed by atoms with Gasteiger partial charge in [-0.15, -0.1) is 0 Å². The van der Waals surface area contributed by atoms with Crippen molar-refractivity contribution in [3.05, 3.63) is 94.0 Å². The molecule has 0 unspecified atom stereocenters. The first-order valence-electron chi connectivity index (χ1n) is 10.8. The average molecular weight is 460 g/mol. The van der Waals surface area contributed by atoms with Crippen molar-refractivity contribution in [1.82, 2.24) is 4.90 Å². The second kappa shape index (κ2) is 10.0. The first-order valence-corrected chi connectivity index (χ1v) is 10.8. The van der Waals surface area contributed by atoms with Gasteiger partial charge in [0.25, 0.3) is 17.5 Å². The number of benzene rings is 3. The van der Waals surface area contributed by atoms with Gasteiger partial charge in [-0.3, -0.25) is 19.7 Å². The summed E-state index contributed by atoms with van der Waals surface area (Å²) in [5, 5.41) is 13.9. The maximum absolute atomic E-state index is 12.8. The Morgan fingerprint density at radius 3 is 2.18 bits per heavy atom. The number of nitrogens with zero attached hydrogens (tertiary/aromatic N) is 3. The number of amides is 2. The third-order valence-electron chi connectivity index (χ3n) is 5.74. The number of carbonyl (C=O) groups is 2. The van der Waals surface area contributed by atoms with Crippen molar-refractivity contribution in [1.29, 1.82) is 0 Å². The molecule has 9 nitrogen and oxygen atoms in total. The number of methoxy groups -OCH3 is 1. The van der Waals surface area contributed by atoms with E-state index in [4.69, 9.17) is 4.74 Å². The second-order valence-corrected chi connectivity index (χ2v) is 7.78. The number of hydrogen-bond acceptors (Lipinski definition) is 6. The topological polar surface area (TPSA) is 105 Å². The molecule has 1 saturated heterocycles. The fourth-order valence-corrected chi connectivity index (χ4v) is 3.86. The standard InChI is InChI=1S/C25H24N4O5/c1-34-21-12-6-18(7-13-21)25(31)28-16-14-27(15-17-28)20-10-8-19(9-11-20)26-24(30)22-4-2-3-5-23(22)29(32)33/h2-13H,14-17H2,1H3,(H,26,30). The highest BCUT2D eigenvalue weighted by Gasteiger charge is 2.23. The number of nitrogens with one attached hydrogen (secondary N) is 1. The van der Waals surface area contributed by atoms with Crippen LogP contribution in [-0.4, -0.2) is 54.9 Å². The number of carbonyl (C=O) groups excluding carboxylic acids is 2. The Morgan fingerprint density at radius 2 is 1.56 bits per heavy atom. The minimum atomic E-state index is -0.572. The van der Waals surface area contributed by atoms with E-state index in [2.05, 4.69) is 10.2 Å². The maximum Gasteiger partial charge on any atom is 0.282 e. The monoisotopic (exact) mass is 460 g/mol. The summed E-state index contributed by atoms with van der Waals surface area (Å²) in [6.45, 7) is 2.57. The fourth-order valence-electron chi connectivity index (χ4n) is 3.86. The average Bonchev–Trinajstić information content (AvgIpc) is 2.89. The predicted molar refractivity (Wildman–Crippen MR) is 129 cm³/mol. The first kappa shape index (κ1) is 22.8. The lowest BCUT2D eigenvalue weighted by molar-refractivity contribution is -0.385. The van der Waals surface area contributed by atoms with Crippen LogP contribution in [0.25, 0.3) is 0 Å². The van der Waals surface area contributed by atoms with Crippen LogP contribution >= 0.6 is 0 Å². The lowest BCUT2D eigenvalue weighted by Gasteiger charge is -2.36. The van der Waals surface area contributed by atoms with Crippen molar-refractivity contribution in [3.8, 4) is 5.75 Å². The van der Waals surface area contributed by atoms with Gasteiger partial charge in [-0.2, -0.15) is 0 Å². The largest absolute Gasteiger partial charge is 0.497 e. The van der Waals surface area contributed by atoms with Crippen molar-refractivity contribution in [2.45, 2.75) is 0 Å². The van der Waals surface area contributed by atoms with Crippen LogP contribution in [0.5, 0.6) is 5.75 Å². The molecule has 2 amide bonds. The summed E-state index contributed by atoms with van der Waals surface area (Å²) >= 11 is 0. The second-order valence-electron chi connectivity index (χ2n) is 7.78. The zero-order chi connectivity index (χ0) is 24.1. The van der Waals surface area contributed by atoms with Crippen molar-refractivity contribution in [3.63, 3.8) is 0 Å². The highest BCUT2D eigenvalue weighted by Crippen LogP contribution is 2.23. The normalized spacial score (nSPS) is 13.3. The van der Waals surface area contributed by atoms with Crippen molar-refractivity contribution in [2.75, 3.05) is 43.5 Å². The smallest absolute Gasteiger partial charge is 0.282 e. The molecule has 0 radical (unpaired) electrons. The Bertz CT molecular complexity index is 1190. The third kappa shape index (κ3) is 4.98. The van der Waals surface area contributed by atoms with E-state index < -0.39 is 10.8 Å². The Labute approximate surface area is 196 Å². The number of ether oxygens (including phenoxy) is 1. The molecule has 1 aliphatic heterocycles. The number of para-hydroxylation sites is 1. The molecule has 0 bridgehead atoms. The number of nitro groups is 1. The fraction of sp³-hybridized carbons (Fsp3) is 0.200. The molecule has 0 aromatic heterocycles. The summed E-state index contributed by atoms with van der Waals surface area (Å²) in [6.07, 6.45) is 0. The number of rotatable bonds is 6. The van der Waals surface area contributed by atoms with Crippen molar-refractivity contribution >= 4 is 28.9 Å². The van der Waals surface area contributed by atoms with Gasteiger partial charge in [-0.1, -0.05) is 12.1 Å². The zero-order valence-corrected chi connectivity index (χ0v) is 18.6. The summed E-state index contributed by atoms with van der Waals surface area (Å²) in [4.78, 5) is 39.9. The van der Waals surface area contributed by atoms with Crippen molar-refractivity contribution < 1.29 is 19.2 Å². The van der Waals surface area contributed by atoms with Crippen LogP contribution in [0.3, 0.4) is 0 Å². The molecular weight excluding hydrogens is 436 g/mol. The highest BCUT2D eigenvalue weighted by molar-refractivity contribution is 6.07. The molecule has 34 heavy (non-hydrogen) atoms. The third-order valence-corrected chi connectivity index (χ3v) is 5.74. The maximum atomic E-state index is 12.8. The van der Waals surface area contributed by atoms with Gasteiger partial charge in [-0.05, 0) is 54.6 Å². The van der Waals surface area contributed by atoms with Crippen molar-refractivity contribution in [2.24, 2.45) is 0 Å². The molecule has 0 saturated carbocycles. The minimum absolute atomic E-state index is 0.00429. The molecule has 9 heteroatoms. The molecule has 3 aromatic rings. The van der Waals surface area contributed by atoms with Gasteiger partial charge in [0, 0.05) is 49.2 Å². The summed E-state index contributed by atoms with van der Waals surface area (Å²) in [7, 11) is 1.59. The van der Waals surface area contributed by atoms with Gasteiger partial charge in [0.1, 0.15) is 11.3 Å². The van der Waals surface area contributed by atoms with E-state index in [0.717, 1.165) is 5.69 Å². The zero-order valence-electron chi connectivity index (χ0n) is 18.6. The quantitative estimate of drug-likeness (QED) is 0.443. The molecule has 0 spiro atoms. The summed E-state index contributed by atoms with van der Waals surface area (Å²) in [5.41, 5.74) is 1.92. The van der Waals surface area contributed by atoms with Crippen LogP contribution in [0.1, 0.15) is 20.7 Å². The van der Waals surface area contributed by atoms with E-state index >= 15 is 0 Å². The first-order chi connectivity index (χ1) is 16.5. The molecule has 1 fully saturated rings. The van der Waals surface area contributed by atoms with Gasteiger partial charge < -0.3 is 19.9 Å². The molecule has 0 atom stereocenters. The van der Waals surface area contributed by atoms with Crippen LogP contribution in [-0.2, 0) is 0 Å². The molecular formula is C25H24N4O5. The van der Waals surface area contributed by atoms with Crippen LogP contribution < -0.4 is 15.0 Å². The van der Waals surface area contributed by atoms with E-state index in [1.807, 2.05) is 17.0 Å². The van der Waals surface area contributed by atoms with Crippen LogP contribution in [0, 0.1) is 10.1 Å². The summed E-state index contributed by atoms with van der Waals surface area (Å²) in [5.74, 6) is 0.170. The van der Waals surface area contributed by atoms with Crippen LogP contribution in [0.15, 0.2) is 72.8 Å². The molecule has 174 valence electrons. The summed E-state index contributed by atoms with van der Waals surface area (Å²) in [6, 6.07) is 20.2. The molecule has 3 aromatic carbocycles. The van der Waals surface area contributed by atoms with E-state index in [-0.39, 0.29) is 17.2 Å². The number of piperazine rings is 1. The molecule has 0 aliphatic carbocycles. The van der Waals surface area contributed by atoms with Gasteiger partial charge >= 0.3 is 0 Å².